The van der Waals surface area contributed by atoms with Gasteiger partial charge in [-0.1, -0.05) is 62.2 Å². The third-order valence-corrected chi connectivity index (χ3v) is 5.35. The second-order valence-electron chi connectivity index (χ2n) is 7.51. The number of carbonyl (C=O) groups is 3. The quantitative estimate of drug-likeness (QED) is 0.682. The maximum absolute atomic E-state index is 12.6. The van der Waals surface area contributed by atoms with Crippen molar-refractivity contribution < 1.29 is 14.4 Å². The van der Waals surface area contributed by atoms with Crippen LogP contribution < -0.4 is 16.0 Å². The normalized spacial score (nSPS) is 18.5. The number of nitrogens with one attached hydrogen (secondary N) is 3. The Labute approximate surface area is 171 Å². The van der Waals surface area contributed by atoms with Gasteiger partial charge in [0, 0.05) is 12.6 Å². The van der Waals surface area contributed by atoms with E-state index in [4.69, 9.17) is 0 Å². The minimum absolute atomic E-state index is 0.0198. The van der Waals surface area contributed by atoms with E-state index in [-0.39, 0.29) is 11.9 Å². The summed E-state index contributed by atoms with van der Waals surface area (Å²) in [6.45, 7) is 2.47. The predicted octanol–water partition coefficient (Wildman–Crippen LogP) is 3.25. The molecule has 2 aromatic carbocycles. The third kappa shape index (κ3) is 5.67. The SMILES string of the molecule is C[C@@H]1CCCC[C@H]1NC(=O)C(=O)Nc1ccccc1C(=O)NCc1ccccc1. The molecule has 0 aromatic heterocycles. The molecule has 6 nitrogen and oxygen atoms in total. The first kappa shape index (κ1) is 20.6. The molecule has 2 aromatic rings. The smallest absolute Gasteiger partial charge is 0.313 e. The predicted molar refractivity (Wildman–Crippen MR) is 112 cm³/mol. The van der Waals surface area contributed by atoms with Crippen LogP contribution in [-0.4, -0.2) is 23.8 Å². The second kappa shape index (κ2) is 9.87. The minimum Gasteiger partial charge on any atom is -0.348 e. The lowest BCUT2D eigenvalue weighted by Gasteiger charge is -2.29. The molecule has 0 heterocycles. The number of anilines is 1. The van der Waals surface area contributed by atoms with Crippen molar-refractivity contribution in [2.45, 2.75) is 45.2 Å². The van der Waals surface area contributed by atoms with Gasteiger partial charge in [0.05, 0.1) is 11.3 Å². The highest BCUT2D eigenvalue weighted by molar-refractivity contribution is 6.40. The lowest BCUT2D eigenvalue weighted by atomic mass is 9.86. The summed E-state index contributed by atoms with van der Waals surface area (Å²) >= 11 is 0. The maximum atomic E-state index is 12.6. The fourth-order valence-electron chi connectivity index (χ4n) is 3.61. The molecule has 0 bridgehead atoms. The van der Waals surface area contributed by atoms with Crippen molar-refractivity contribution in [3.63, 3.8) is 0 Å². The zero-order valence-electron chi connectivity index (χ0n) is 16.6. The Morgan fingerprint density at radius 1 is 0.897 bits per heavy atom. The molecular weight excluding hydrogens is 366 g/mol. The summed E-state index contributed by atoms with van der Waals surface area (Å²) < 4.78 is 0. The summed E-state index contributed by atoms with van der Waals surface area (Å²) in [5, 5.41) is 8.25. The van der Waals surface area contributed by atoms with Gasteiger partial charge in [-0.2, -0.15) is 0 Å². The molecule has 1 saturated carbocycles. The largest absolute Gasteiger partial charge is 0.348 e. The van der Waals surface area contributed by atoms with Gasteiger partial charge in [-0.15, -0.1) is 0 Å². The van der Waals surface area contributed by atoms with Gasteiger partial charge in [0.1, 0.15) is 0 Å². The van der Waals surface area contributed by atoms with E-state index in [1.54, 1.807) is 24.3 Å². The van der Waals surface area contributed by atoms with E-state index in [2.05, 4.69) is 22.9 Å². The summed E-state index contributed by atoms with van der Waals surface area (Å²) in [6.07, 6.45) is 4.15. The van der Waals surface area contributed by atoms with E-state index < -0.39 is 11.8 Å². The highest BCUT2D eigenvalue weighted by Gasteiger charge is 2.26. The van der Waals surface area contributed by atoms with Gasteiger partial charge < -0.3 is 16.0 Å². The van der Waals surface area contributed by atoms with E-state index in [1.165, 1.54) is 0 Å². The van der Waals surface area contributed by atoms with Crippen LogP contribution in [0.1, 0.15) is 48.5 Å². The first-order valence-corrected chi connectivity index (χ1v) is 10.1. The van der Waals surface area contributed by atoms with Crippen LogP contribution in [0.3, 0.4) is 0 Å². The van der Waals surface area contributed by atoms with Gasteiger partial charge in [-0.25, -0.2) is 0 Å². The number of benzene rings is 2. The lowest BCUT2D eigenvalue weighted by molar-refractivity contribution is -0.137. The van der Waals surface area contributed by atoms with Crippen LogP contribution in [0, 0.1) is 5.92 Å². The summed E-state index contributed by atoms with van der Waals surface area (Å²) in [5.41, 5.74) is 1.61. The number of amides is 3. The number of hydrogen-bond donors (Lipinski definition) is 3. The fourth-order valence-corrected chi connectivity index (χ4v) is 3.61. The van der Waals surface area contributed by atoms with Crippen LogP contribution in [0.15, 0.2) is 54.6 Å². The van der Waals surface area contributed by atoms with Crippen LogP contribution >= 0.6 is 0 Å². The van der Waals surface area contributed by atoms with Crippen molar-refractivity contribution in [3.8, 4) is 0 Å². The molecule has 152 valence electrons. The zero-order valence-corrected chi connectivity index (χ0v) is 16.6. The molecule has 3 amide bonds. The molecule has 1 aliphatic rings. The molecule has 0 saturated heterocycles. The summed E-state index contributed by atoms with van der Waals surface area (Å²) in [7, 11) is 0. The Morgan fingerprint density at radius 3 is 2.34 bits per heavy atom. The average molecular weight is 393 g/mol. The number of carbonyl (C=O) groups excluding carboxylic acids is 3. The fraction of sp³-hybridized carbons (Fsp3) is 0.348. The summed E-state index contributed by atoms with van der Waals surface area (Å²) in [4.78, 5) is 37.3. The molecule has 6 heteroatoms. The van der Waals surface area contributed by atoms with E-state index in [1.807, 2.05) is 30.3 Å². The standard InChI is InChI=1S/C23H27N3O3/c1-16-9-5-7-13-19(16)25-22(28)23(29)26-20-14-8-6-12-18(20)21(27)24-15-17-10-3-2-4-11-17/h2-4,6,8,10-12,14,16,19H,5,7,9,13,15H2,1H3,(H,24,27)(H,25,28)(H,26,29)/t16-,19-/m1/s1. The second-order valence-corrected chi connectivity index (χ2v) is 7.51. The Morgan fingerprint density at radius 2 is 1.59 bits per heavy atom. The van der Waals surface area contributed by atoms with Crippen molar-refractivity contribution >= 4 is 23.4 Å². The van der Waals surface area contributed by atoms with Gasteiger partial charge in [-0.3, -0.25) is 14.4 Å². The summed E-state index contributed by atoms with van der Waals surface area (Å²) in [5.74, 6) is -1.38. The summed E-state index contributed by atoms with van der Waals surface area (Å²) in [6, 6.07) is 16.3. The zero-order chi connectivity index (χ0) is 20.6. The molecule has 2 atom stereocenters. The molecule has 3 rings (SSSR count). The van der Waals surface area contributed by atoms with E-state index >= 15 is 0 Å². The molecule has 1 aliphatic carbocycles. The van der Waals surface area contributed by atoms with E-state index in [0.29, 0.717) is 23.7 Å². The third-order valence-electron chi connectivity index (χ3n) is 5.35. The first-order chi connectivity index (χ1) is 14.0. The molecule has 0 unspecified atom stereocenters. The number of hydrogen-bond acceptors (Lipinski definition) is 3. The Bertz CT molecular complexity index is 867. The molecule has 1 fully saturated rings. The number of para-hydroxylation sites is 1. The molecule has 0 radical (unpaired) electrons. The minimum atomic E-state index is -0.758. The van der Waals surface area contributed by atoms with Crippen molar-refractivity contribution in [2.24, 2.45) is 5.92 Å². The van der Waals surface area contributed by atoms with Crippen LogP contribution in [0.4, 0.5) is 5.69 Å². The topological polar surface area (TPSA) is 87.3 Å². The van der Waals surface area contributed by atoms with Gasteiger partial charge in [0.15, 0.2) is 0 Å². The molecular formula is C23H27N3O3. The monoisotopic (exact) mass is 393 g/mol. The van der Waals surface area contributed by atoms with Crippen LogP contribution in [-0.2, 0) is 16.1 Å². The van der Waals surface area contributed by atoms with E-state index in [0.717, 1.165) is 31.2 Å². The highest BCUT2D eigenvalue weighted by Crippen LogP contribution is 2.23. The average Bonchev–Trinajstić information content (AvgIpc) is 2.74. The molecule has 29 heavy (non-hydrogen) atoms. The van der Waals surface area contributed by atoms with Crippen molar-refractivity contribution in [2.75, 3.05) is 5.32 Å². The highest BCUT2D eigenvalue weighted by atomic mass is 16.2. The van der Waals surface area contributed by atoms with Crippen molar-refractivity contribution in [3.05, 3.63) is 65.7 Å². The van der Waals surface area contributed by atoms with Gasteiger partial charge in [-0.05, 0) is 36.5 Å². The van der Waals surface area contributed by atoms with Gasteiger partial charge in [0.2, 0.25) is 0 Å². The Kier molecular flexibility index (Phi) is 7.00. The maximum Gasteiger partial charge on any atom is 0.313 e. The van der Waals surface area contributed by atoms with E-state index in [9.17, 15) is 14.4 Å². The van der Waals surface area contributed by atoms with Crippen molar-refractivity contribution in [1.29, 1.82) is 0 Å². The Hall–Kier alpha value is -3.15. The van der Waals surface area contributed by atoms with Crippen molar-refractivity contribution in [1.82, 2.24) is 10.6 Å². The van der Waals surface area contributed by atoms with Gasteiger partial charge in [0.25, 0.3) is 5.91 Å². The number of rotatable bonds is 5. The lowest BCUT2D eigenvalue weighted by Crippen LogP contribution is -2.46. The Balaban J connectivity index is 1.61. The first-order valence-electron chi connectivity index (χ1n) is 10.1. The molecule has 3 N–H and O–H groups in total. The van der Waals surface area contributed by atoms with Crippen LogP contribution in [0.2, 0.25) is 0 Å². The van der Waals surface area contributed by atoms with Gasteiger partial charge >= 0.3 is 11.8 Å². The van der Waals surface area contributed by atoms with Crippen LogP contribution in [0.25, 0.3) is 0 Å². The molecule has 0 spiro atoms. The van der Waals surface area contributed by atoms with Crippen LogP contribution in [0.5, 0.6) is 0 Å². The molecule has 0 aliphatic heterocycles.